The van der Waals surface area contributed by atoms with Gasteiger partial charge in [0.1, 0.15) is 0 Å². The number of aryl methyl sites for hydroxylation is 1. The Morgan fingerprint density at radius 1 is 1.44 bits per heavy atom. The molecule has 1 amide bonds. The molecule has 1 aliphatic heterocycles. The fourth-order valence-electron chi connectivity index (χ4n) is 1.96. The van der Waals surface area contributed by atoms with Crippen molar-refractivity contribution >= 4 is 17.0 Å². The molecule has 2 aromatic rings. The van der Waals surface area contributed by atoms with Crippen molar-refractivity contribution in [1.82, 2.24) is 15.2 Å². The highest BCUT2D eigenvalue weighted by atomic mass is 16.7. The van der Waals surface area contributed by atoms with Gasteiger partial charge in [0.2, 0.25) is 0 Å². The Labute approximate surface area is 103 Å². The second-order valence-corrected chi connectivity index (χ2v) is 4.29. The maximum absolute atomic E-state index is 12.2. The first-order valence-corrected chi connectivity index (χ1v) is 5.92. The number of rotatable bonds is 1. The van der Waals surface area contributed by atoms with Gasteiger partial charge in [0.15, 0.2) is 0 Å². The van der Waals surface area contributed by atoms with Gasteiger partial charge in [-0.15, -0.1) is 0 Å². The average molecular weight is 247 g/mol. The van der Waals surface area contributed by atoms with Crippen LogP contribution in [0.25, 0.3) is 11.1 Å². The molecule has 6 heteroatoms. The zero-order chi connectivity index (χ0) is 12.5. The molecule has 1 saturated heterocycles. The molecule has 0 aromatic carbocycles. The van der Waals surface area contributed by atoms with Gasteiger partial charge in [-0.2, -0.15) is 0 Å². The number of hydrogen-bond donors (Lipinski definition) is 0. The summed E-state index contributed by atoms with van der Waals surface area (Å²) in [4.78, 5) is 21.6. The van der Waals surface area contributed by atoms with Gasteiger partial charge in [-0.1, -0.05) is 5.16 Å². The van der Waals surface area contributed by atoms with Crippen molar-refractivity contribution in [3.8, 4) is 0 Å². The van der Waals surface area contributed by atoms with Gasteiger partial charge >= 0.3 is 0 Å². The van der Waals surface area contributed by atoms with Crippen LogP contribution < -0.4 is 0 Å². The standard InChI is InChI=1S/C12H13N3O3/c1-8-10-6-9(7-13-11(10)18-14-8)12(16)15-4-2-3-5-17-15/h6-7H,2-5H2,1H3. The second-order valence-electron chi connectivity index (χ2n) is 4.29. The van der Waals surface area contributed by atoms with E-state index in [1.54, 1.807) is 6.07 Å². The van der Waals surface area contributed by atoms with Crippen LogP contribution in [-0.4, -0.2) is 34.3 Å². The molecule has 0 aliphatic carbocycles. The molecule has 0 atom stereocenters. The highest BCUT2D eigenvalue weighted by Crippen LogP contribution is 2.18. The number of aromatic nitrogens is 2. The molecule has 94 valence electrons. The summed E-state index contributed by atoms with van der Waals surface area (Å²) in [5.74, 6) is -0.162. The van der Waals surface area contributed by atoms with Crippen LogP contribution in [-0.2, 0) is 4.84 Å². The summed E-state index contributed by atoms with van der Waals surface area (Å²) in [6, 6.07) is 1.74. The van der Waals surface area contributed by atoms with Crippen molar-refractivity contribution in [2.24, 2.45) is 0 Å². The molecule has 0 spiro atoms. The molecule has 6 nitrogen and oxygen atoms in total. The molecule has 0 saturated carbocycles. The molecular weight excluding hydrogens is 234 g/mol. The predicted molar refractivity (Wildman–Crippen MR) is 62.8 cm³/mol. The smallest absolute Gasteiger partial charge is 0.279 e. The van der Waals surface area contributed by atoms with Crippen LogP contribution in [0.4, 0.5) is 0 Å². The zero-order valence-corrected chi connectivity index (χ0v) is 10.0. The van der Waals surface area contributed by atoms with Crippen LogP contribution >= 0.6 is 0 Å². The molecule has 0 unspecified atom stereocenters. The van der Waals surface area contributed by atoms with E-state index in [4.69, 9.17) is 9.36 Å². The normalized spacial score (nSPS) is 16.2. The van der Waals surface area contributed by atoms with Gasteiger partial charge in [0, 0.05) is 12.7 Å². The third-order valence-electron chi connectivity index (χ3n) is 2.99. The van der Waals surface area contributed by atoms with E-state index in [-0.39, 0.29) is 5.91 Å². The first-order valence-electron chi connectivity index (χ1n) is 5.92. The number of hydrogen-bond acceptors (Lipinski definition) is 5. The van der Waals surface area contributed by atoms with Crippen LogP contribution in [0.1, 0.15) is 28.9 Å². The minimum atomic E-state index is -0.162. The predicted octanol–water partition coefficient (Wildman–Crippen LogP) is 1.70. The lowest BCUT2D eigenvalue weighted by molar-refractivity contribution is -0.144. The fraction of sp³-hybridized carbons (Fsp3) is 0.417. The summed E-state index contributed by atoms with van der Waals surface area (Å²) in [5, 5.41) is 5.97. The summed E-state index contributed by atoms with van der Waals surface area (Å²) >= 11 is 0. The number of amides is 1. The molecular formula is C12H13N3O3. The summed E-state index contributed by atoms with van der Waals surface area (Å²) in [7, 11) is 0. The number of carbonyl (C=O) groups is 1. The zero-order valence-electron chi connectivity index (χ0n) is 10.0. The summed E-state index contributed by atoms with van der Waals surface area (Å²) < 4.78 is 5.01. The molecule has 3 heterocycles. The molecule has 1 aliphatic rings. The molecule has 0 bridgehead atoms. The Morgan fingerprint density at radius 2 is 2.33 bits per heavy atom. The van der Waals surface area contributed by atoms with Gasteiger partial charge < -0.3 is 4.52 Å². The molecule has 18 heavy (non-hydrogen) atoms. The van der Waals surface area contributed by atoms with Gasteiger partial charge in [0.05, 0.1) is 23.3 Å². The van der Waals surface area contributed by atoms with Gasteiger partial charge in [-0.05, 0) is 25.8 Å². The van der Waals surface area contributed by atoms with E-state index >= 15 is 0 Å². The molecule has 3 rings (SSSR count). The summed E-state index contributed by atoms with van der Waals surface area (Å²) in [6.07, 6.45) is 3.45. The van der Waals surface area contributed by atoms with Gasteiger partial charge in [0.25, 0.3) is 11.6 Å². The van der Waals surface area contributed by atoms with Crippen molar-refractivity contribution in [3.63, 3.8) is 0 Å². The van der Waals surface area contributed by atoms with Crippen LogP contribution in [0.3, 0.4) is 0 Å². The van der Waals surface area contributed by atoms with Gasteiger partial charge in [-0.3, -0.25) is 9.63 Å². The van der Waals surface area contributed by atoms with Crippen LogP contribution in [0.15, 0.2) is 16.8 Å². The minimum Gasteiger partial charge on any atom is -0.336 e. The minimum absolute atomic E-state index is 0.162. The van der Waals surface area contributed by atoms with E-state index in [1.807, 2.05) is 6.92 Å². The molecule has 0 radical (unpaired) electrons. The van der Waals surface area contributed by atoms with Crippen LogP contribution in [0.5, 0.6) is 0 Å². The largest absolute Gasteiger partial charge is 0.336 e. The van der Waals surface area contributed by atoms with Crippen molar-refractivity contribution in [2.75, 3.05) is 13.2 Å². The molecule has 2 aromatic heterocycles. The highest BCUT2D eigenvalue weighted by Gasteiger charge is 2.20. The van der Waals surface area contributed by atoms with Crippen LogP contribution in [0, 0.1) is 6.92 Å². The summed E-state index contributed by atoms with van der Waals surface area (Å²) in [6.45, 7) is 3.03. The topological polar surface area (TPSA) is 68.5 Å². The van der Waals surface area contributed by atoms with Crippen LogP contribution in [0.2, 0.25) is 0 Å². The highest BCUT2D eigenvalue weighted by molar-refractivity contribution is 5.96. The van der Waals surface area contributed by atoms with Gasteiger partial charge in [-0.25, -0.2) is 10.0 Å². The third kappa shape index (κ3) is 1.84. The van der Waals surface area contributed by atoms with E-state index in [1.165, 1.54) is 11.3 Å². The molecule has 1 fully saturated rings. The Morgan fingerprint density at radius 3 is 3.11 bits per heavy atom. The Balaban J connectivity index is 1.93. The fourth-order valence-corrected chi connectivity index (χ4v) is 1.96. The first kappa shape index (κ1) is 11.2. The lowest BCUT2D eigenvalue weighted by Crippen LogP contribution is -2.35. The quantitative estimate of drug-likeness (QED) is 0.767. The van der Waals surface area contributed by atoms with E-state index in [2.05, 4.69) is 10.1 Å². The van der Waals surface area contributed by atoms with Crippen molar-refractivity contribution in [1.29, 1.82) is 0 Å². The number of hydroxylamine groups is 2. The van der Waals surface area contributed by atoms with Crippen molar-refractivity contribution < 1.29 is 14.2 Å². The Bertz CT molecular complexity index is 587. The first-order chi connectivity index (χ1) is 8.75. The molecule has 0 N–H and O–H groups in total. The number of pyridine rings is 1. The van der Waals surface area contributed by atoms with E-state index in [9.17, 15) is 4.79 Å². The number of carbonyl (C=O) groups excluding carboxylic acids is 1. The Kier molecular flexibility index (Phi) is 2.71. The number of nitrogens with zero attached hydrogens (tertiary/aromatic N) is 3. The van der Waals surface area contributed by atoms with E-state index in [0.717, 1.165) is 23.9 Å². The SMILES string of the molecule is Cc1noc2ncc(C(=O)N3CCCCO3)cc12. The lowest BCUT2D eigenvalue weighted by Gasteiger charge is -2.25. The Hall–Kier alpha value is -1.95. The maximum atomic E-state index is 12.2. The lowest BCUT2D eigenvalue weighted by atomic mass is 10.2. The maximum Gasteiger partial charge on any atom is 0.279 e. The average Bonchev–Trinajstić information content (AvgIpc) is 2.80. The number of fused-ring (bicyclic) bond motifs is 1. The van der Waals surface area contributed by atoms with E-state index < -0.39 is 0 Å². The third-order valence-corrected chi connectivity index (χ3v) is 2.99. The monoisotopic (exact) mass is 247 g/mol. The summed E-state index contributed by atoms with van der Waals surface area (Å²) in [5.41, 5.74) is 1.67. The van der Waals surface area contributed by atoms with Crippen molar-refractivity contribution in [2.45, 2.75) is 19.8 Å². The second kappa shape index (κ2) is 4.38. The van der Waals surface area contributed by atoms with E-state index in [0.29, 0.717) is 24.4 Å². The van der Waals surface area contributed by atoms with Crippen molar-refractivity contribution in [3.05, 3.63) is 23.5 Å².